The number of aromatic nitrogens is 4. The highest BCUT2D eigenvalue weighted by Gasteiger charge is 2.16. The van der Waals surface area contributed by atoms with Crippen LogP contribution >= 0.6 is 0 Å². The second kappa shape index (κ2) is 7.98. The second-order valence-corrected chi connectivity index (χ2v) is 7.37. The van der Waals surface area contributed by atoms with Crippen LogP contribution in [-0.4, -0.2) is 39.4 Å². The number of ether oxygens (including phenoxy) is 1. The highest BCUT2D eigenvalue weighted by molar-refractivity contribution is 5.67. The maximum absolute atomic E-state index is 5.47. The first-order valence-corrected chi connectivity index (χ1v) is 9.67. The Morgan fingerprint density at radius 2 is 1.79 bits per heavy atom. The van der Waals surface area contributed by atoms with Crippen molar-refractivity contribution in [1.82, 2.24) is 20.2 Å². The Morgan fingerprint density at radius 3 is 2.54 bits per heavy atom. The molecule has 148 valence electrons. The number of hydrogen-bond acceptors (Lipinski definition) is 6. The van der Waals surface area contributed by atoms with Gasteiger partial charge in [-0.2, -0.15) is 5.10 Å². The molecule has 2 aromatic heterocycles. The third kappa shape index (κ3) is 4.31. The van der Waals surface area contributed by atoms with E-state index >= 15 is 0 Å². The van der Waals surface area contributed by atoms with Crippen LogP contribution in [0.3, 0.4) is 0 Å². The van der Waals surface area contributed by atoms with Crippen LogP contribution in [0.2, 0.25) is 0 Å². The third-order valence-electron chi connectivity index (χ3n) is 4.90. The summed E-state index contributed by atoms with van der Waals surface area (Å²) in [5.74, 6) is 2.97. The van der Waals surface area contributed by atoms with Gasteiger partial charge in [0.1, 0.15) is 11.6 Å². The van der Waals surface area contributed by atoms with Crippen molar-refractivity contribution in [3.05, 3.63) is 47.2 Å². The van der Waals surface area contributed by atoms with Crippen molar-refractivity contribution in [2.24, 2.45) is 0 Å². The van der Waals surface area contributed by atoms with E-state index in [1.807, 2.05) is 19.1 Å². The van der Waals surface area contributed by atoms with Gasteiger partial charge in [-0.3, -0.25) is 5.10 Å². The van der Waals surface area contributed by atoms with Crippen LogP contribution in [0.5, 0.6) is 0 Å². The summed E-state index contributed by atoms with van der Waals surface area (Å²) >= 11 is 0. The van der Waals surface area contributed by atoms with Crippen LogP contribution in [0, 0.1) is 20.8 Å². The van der Waals surface area contributed by atoms with E-state index in [9.17, 15) is 0 Å². The molecule has 3 heterocycles. The molecule has 0 spiro atoms. The first-order valence-electron chi connectivity index (χ1n) is 9.67. The Morgan fingerprint density at radius 1 is 1.00 bits per heavy atom. The Kier molecular flexibility index (Phi) is 5.25. The van der Waals surface area contributed by atoms with Crippen molar-refractivity contribution >= 4 is 17.5 Å². The molecule has 0 atom stereocenters. The van der Waals surface area contributed by atoms with Crippen LogP contribution in [0.15, 0.2) is 30.3 Å². The van der Waals surface area contributed by atoms with Gasteiger partial charge in [0.2, 0.25) is 0 Å². The van der Waals surface area contributed by atoms with Gasteiger partial charge < -0.3 is 15.4 Å². The van der Waals surface area contributed by atoms with Gasteiger partial charge in [0, 0.05) is 44.1 Å². The molecule has 7 nitrogen and oxygen atoms in total. The van der Waals surface area contributed by atoms with E-state index in [0.29, 0.717) is 17.7 Å². The summed E-state index contributed by atoms with van der Waals surface area (Å²) in [5, 5.41) is 14.0. The number of anilines is 3. The van der Waals surface area contributed by atoms with Gasteiger partial charge in [0.25, 0.3) is 0 Å². The fourth-order valence-corrected chi connectivity index (χ4v) is 3.35. The summed E-state index contributed by atoms with van der Waals surface area (Å²) in [5.41, 5.74) is 4.36. The molecule has 0 saturated carbocycles. The summed E-state index contributed by atoms with van der Waals surface area (Å²) in [6, 6.07) is 10.6. The number of H-pyrrole nitrogens is 1. The van der Waals surface area contributed by atoms with Crippen LogP contribution in [0.25, 0.3) is 11.4 Å². The third-order valence-corrected chi connectivity index (χ3v) is 4.90. The maximum atomic E-state index is 5.47. The molecule has 0 aliphatic carbocycles. The predicted molar refractivity (Wildman–Crippen MR) is 113 cm³/mol. The van der Waals surface area contributed by atoms with Crippen molar-refractivity contribution < 1.29 is 6.16 Å². The lowest BCUT2D eigenvalue weighted by Crippen LogP contribution is -2.28. The number of aryl methyl sites for hydroxylation is 3. The number of aromatic amines is 1. The van der Waals surface area contributed by atoms with E-state index in [2.05, 4.69) is 52.9 Å². The lowest BCUT2D eigenvalue weighted by atomic mass is 10.1. The molecule has 7 heteroatoms. The molecule has 1 fully saturated rings. The minimum absolute atomic E-state index is 0. The Hall–Kier alpha value is -2.93. The predicted octanol–water partition coefficient (Wildman–Crippen LogP) is 4.37. The fourth-order valence-electron chi connectivity index (χ4n) is 3.35. The molecular formula is C21H28N6O. The smallest absolute Gasteiger partial charge is 0.164 e. The van der Waals surface area contributed by atoms with E-state index in [0.717, 1.165) is 54.5 Å². The Balaban J connectivity index is 0.00000240. The topological polar surface area (TPSA) is 87.8 Å². The molecule has 0 bridgehead atoms. The summed E-state index contributed by atoms with van der Waals surface area (Å²) in [4.78, 5) is 9.58. The SMILES string of the molecule is Cc1ccc(C)c(-c2nc(Nc3cc(C)[nH]n3)cc(NC3CCOCC3)n2)c1.[HH]. The Labute approximate surface area is 166 Å². The number of benzene rings is 1. The molecule has 1 aromatic carbocycles. The first-order chi connectivity index (χ1) is 13.6. The fraction of sp³-hybridized carbons (Fsp3) is 0.381. The second-order valence-electron chi connectivity index (χ2n) is 7.37. The number of rotatable bonds is 5. The van der Waals surface area contributed by atoms with Crippen molar-refractivity contribution in [1.29, 1.82) is 0 Å². The van der Waals surface area contributed by atoms with Crippen molar-refractivity contribution in [3.63, 3.8) is 0 Å². The summed E-state index contributed by atoms with van der Waals surface area (Å²) in [6.07, 6.45) is 1.95. The van der Waals surface area contributed by atoms with Gasteiger partial charge in [-0.05, 0) is 45.2 Å². The monoisotopic (exact) mass is 380 g/mol. The van der Waals surface area contributed by atoms with E-state index in [4.69, 9.17) is 14.7 Å². The van der Waals surface area contributed by atoms with E-state index in [-0.39, 0.29) is 1.43 Å². The van der Waals surface area contributed by atoms with Crippen LogP contribution in [0.1, 0.15) is 31.1 Å². The average molecular weight is 380 g/mol. The van der Waals surface area contributed by atoms with E-state index in [1.54, 1.807) is 0 Å². The summed E-state index contributed by atoms with van der Waals surface area (Å²) in [6.45, 7) is 7.70. The van der Waals surface area contributed by atoms with Crippen molar-refractivity contribution in [2.75, 3.05) is 23.8 Å². The standard InChI is InChI=1S/C21H26N6O.H2/c1-13-4-5-14(2)17(10-13)21-24-18(22-16-6-8-28-9-7-16)12-19(25-21)23-20-11-15(3)26-27-20;/h4-5,10-12,16H,6-9H2,1-3H3,(H3,22,23,24,25,26,27);1H. The number of hydrogen-bond donors (Lipinski definition) is 3. The van der Waals surface area contributed by atoms with Gasteiger partial charge in [-0.25, -0.2) is 9.97 Å². The number of nitrogens with zero attached hydrogens (tertiary/aromatic N) is 3. The van der Waals surface area contributed by atoms with Gasteiger partial charge in [-0.1, -0.05) is 17.7 Å². The zero-order valence-corrected chi connectivity index (χ0v) is 16.5. The first kappa shape index (κ1) is 18.4. The molecule has 0 radical (unpaired) electrons. The largest absolute Gasteiger partial charge is 0.381 e. The summed E-state index contributed by atoms with van der Waals surface area (Å²) < 4.78 is 5.47. The van der Waals surface area contributed by atoms with Gasteiger partial charge >= 0.3 is 0 Å². The maximum Gasteiger partial charge on any atom is 0.164 e. The zero-order valence-electron chi connectivity index (χ0n) is 16.5. The van der Waals surface area contributed by atoms with E-state index in [1.165, 1.54) is 5.56 Å². The lowest BCUT2D eigenvalue weighted by Gasteiger charge is -2.24. The van der Waals surface area contributed by atoms with Gasteiger partial charge in [-0.15, -0.1) is 0 Å². The van der Waals surface area contributed by atoms with Gasteiger partial charge in [0.05, 0.1) is 0 Å². The normalized spacial score (nSPS) is 14.8. The molecule has 28 heavy (non-hydrogen) atoms. The highest BCUT2D eigenvalue weighted by Crippen LogP contribution is 2.26. The molecule has 4 rings (SSSR count). The zero-order chi connectivity index (χ0) is 19.5. The molecule has 3 N–H and O–H groups in total. The van der Waals surface area contributed by atoms with Gasteiger partial charge in [0.15, 0.2) is 11.6 Å². The quantitative estimate of drug-likeness (QED) is 0.609. The average Bonchev–Trinajstić information content (AvgIpc) is 3.09. The lowest BCUT2D eigenvalue weighted by molar-refractivity contribution is 0.0904. The molecule has 1 aliphatic rings. The molecule has 1 saturated heterocycles. The highest BCUT2D eigenvalue weighted by atomic mass is 16.5. The Bertz CT molecular complexity index is 968. The van der Waals surface area contributed by atoms with Crippen LogP contribution in [0.4, 0.5) is 17.5 Å². The van der Waals surface area contributed by atoms with Crippen LogP contribution < -0.4 is 10.6 Å². The molecule has 3 aromatic rings. The molecule has 0 amide bonds. The number of nitrogens with one attached hydrogen (secondary N) is 3. The summed E-state index contributed by atoms with van der Waals surface area (Å²) in [7, 11) is 0. The minimum atomic E-state index is 0. The minimum Gasteiger partial charge on any atom is -0.381 e. The van der Waals surface area contributed by atoms with Crippen molar-refractivity contribution in [3.8, 4) is 11.4 Å². The van der Waals surface area contributed by atoms with Crippen molar-refractivity contribution in [2.45, 2.75) is 39.7 Å². The van der Waals surface area contributed by atoms with Crippen LogP contribution in [-0.2, 0) is 4.74 Å². The molecule has 0 unspecified atom stereocenters. The molecule has 1 aliphatic heterocycles. The van der Waals surface area contributed by atoms with E-state index < -0.39 is 0 Å². The molecular weight excluding hydrogens is 352 g/mol.